The van der Waals surface area contributed by atoms with E-state index in [4.69, 9.17) is 5.73 Å². The van der Waals surface area contributed by atoms with Crippen molar-refractivity contribution in [3.8, 4) is 0 Å². The predicted molar refractivity (Wildman–Crippen MR) is 60.7 cm³/mol. The van der Waals surface area contributed by atoms with Crippen molar-refractivity contribution in [2.45, 2.75) is 26.3 Å². The SMILES string of the molecule is CCCc1c(N)nnn1Cc1cncn1C. The Morgan fingerprint density at radius 1 is 1.44 bits per heavy atom. The highest BCUT2D eigenvalue weighted by atomic mass is 15.4. The fourth-order valence-electron chi connectivity index (χ4n) is 1.66. The first kappa shape index (κ1) is 10.7. The summed E-state index contributed by atoms with van der Waals surface area (Å²) in [4.78, 5) is 4.07. The number of anilines is 1. The maximum absolute atomic E-state index is 5.78. The summed E-state index contributed by atoms with van der Waals surface area (Å²) in [6.07, 6.45) is 5.53. The fraction of sp³-hybridized carbons (Fsp3) is 0.500. The summed E-state index contributed by atoms with van der Waals surface area (Å²) in [5.74, 6) is 0.531. The molecule has 2 rings (SSSR count). The average molecular weight is 220 g/mol. The van der Waals surface area contributed by atoms with Crippen LogP contribution in [0.5, 0.6) is 0 Å². The maximum Gasteiger partial charge on any atom is 0.169 e. The van der Waals surface area contributed by atoms with Crippen LogP contribution in [0.1, 0.15) is 24.7 Å². The summed E-state index contributed by atoms with van der Waals surface area (Å²) >= 11 is 0. The Morgan fingerprint density at radius 2 is 2.25 bits per heavy atom. The number of aryl methyl sites for hydroxylation is 1. The summed E-state index contributed by atoms with van der Waals surface area (Å²) < 4.78 is 3.81. The lowest BCUT2D eigenvalue weighted by Gasteiger charge is -2.06. The number of rotatable bonds is 4. The minimum atomic E-state index is 0.531. The molecule has 0 bridgehead atoms. The van der Waals surface area contributed by atoms with E-state index in [9.17, 15) is 0 Å². The van der Waals surface area contributed by atoms with Gasteiger partial charge in [0.05, 0.1) is 30.5 Å². The van der Waals surface area contributed by atoms with Crippen LogP contribution in [0.3, 0.4) is 0 Å². The second-order valence-corrected chi connectivity index (χ2v) is 3.82. The molecule has 0 aromatic carbocycles. The van der Waals surface area contributed by atoms with Crippen LogP contribution in [-0.4, -0.2) is 24.5 Å². The average Bonchev–Trinajstić information content (AvgIpc) is 2.80. The third-order valence-corrected chi connectivity index (χ3v) is 2.58. The van der Waals surface area contributed by atoms with Gasteiger partial charge in [-0.15, -0.1) is 5.10 Å². The number of nitrogens with zero attached hydrogens (tertiary/aromatic N) is 5. The van der Waals surface area contributed by atoms with E-state index in [-0.39, 0.29) is 0 Å². The molecule has 0 amide bonds. The molecule has 6 heteroatoms. The Morgan fingerprint density at radius 3 is 2.88 bits per heavy atom. The second-order valence-electron chi connectivity index (χ2n) is 3.82. The zero-order chi connectivity index (χ0) is 11.5. The van der Waals surface area contributed by atoms with Crippen molar-refractivity contribution in [2.24, 2.45) is 7.05 Å². The van der Waals surface area contributed by atoms with Gasteiger partial charge < -0.3 is 10.3 Å². The summed E-state index contributed by atoms with van der Waals surface area (Å²) in [5, 5.41) is 7.96. The van der Waals surface area contributed by atoms with Gasteiger partial charge in [-0.3, -0.25) is 0 Å². The van der Waals surface area contributed by atoms with Crippen LogP contribution < -0.4 is 5.73 Å². The topological polar surface area (TPSA) is 74.6 Å². The normalized spacial score (nSPS) is 10.9. The van der Waals surface area contributed by atoms with Crippen molar-refractivity contribution in [2.75, 3.05) is 5.73 Å². The summed E-state index contributed by atoms with van der Waals surface area (Å²) in [6.45, 7) is 2.77. The molecule has 0 aliphatic heterocycles. The van der Waals surface area contributed by atoms with Gasteiger partial charge in [-0.05, 0) is 6.42 Å². The molecule has 0 aliphatic carbocycles. The number of hydrogen-bond donors (Lipinski definition) is 1. The minimum Gasteiger partial charge on any atom is -0.381 e. The fourth-order valence-corrected chi connectivity index (χ4v) is 1.66. The molecule has 0 unspecified atom stereocenters. The first-order valence-electron chi connectivity index (χ1n) is 5.35. The molecule has 86 valence electrons. The number of imidazole rings is 1. The number of hydrogen-bond acceptors (Lipinski definition) is 4. The van der Waals surface area contributed by atoms with Crippen molar-refractivity contribution < 1.29 is 0 Å². The van der Waals surface area contributed by atoms with Crippen LogP contribution in [-0.2, 0) is 20.0 Å². The van der Waals surface area contributed by atoms with E-state index in [2.05, 4.69) is 22.2 Å². The first-order chi connectivity index (χ1) is 7.72. The quantitative estimate of drug-likeness (QED) is 0.818. The van der Waals surface area contributed by atoms with Gasteiger partial charge in [-0.25, -0.2) is 9.67 Å². The number of nitrogens with two attached hydrogens (primary N) is 1. The monoisotopic (exact) mass is 220 g/mol. The molecule has 0 atom stereocenters. The molecule has 6 nitrogen and oxygen atoms in total. The molecule has 0 aliphatic rings. The minimum absolute atomic E-state index is 0.531. The van der Waals surface area contributed by atoms with Gasteiger partial charge in [-0.2, -0.15) is 0 Å². The third-order valence-electron chi connectivity index (χ3n) is 2.58. The second kappa shape index (κ2) is 4.34. The molecule has 0 radical (unpaired) electrons. The van der Waals surface area contributed by atoms with Crippen LogP contribution >= 0.6 is 0 Å². The van der Waals surface area contributed by atoms with Crippen molar-refractivity contribution in [1.29, 1.82) is 0 Å². The number of nitrogen functional groups attached to an aromatic ring is 1. The Balaban J connectivity index is 2.24. The van der Waals surface area contributed by atoms with Crippen molar-refractivity contribution >= 4 is 5.82 Å². The molecule has 2 heterocycles. The van der Waals surface area contributed by atoms with Crippen LogP contribution in [0.25, 0.3) is 0 Å². The summed E-state index contributed by atoms with van der Waals surface area (Å²) in [7, 11) is 1.96. The van der Waals surface area contributed by atoms with Gasteiger partial charge in [0.15, 0.2) is 5.82 Å². The Hall–Kier alpha value is -1.85. The molecule has 0 saturated carbocycles. The summed E-state index contributed by atoms with van der Waals surface area (Å²) in [6, 6.07) is 0. The van der Waals surface area contributed by atoms with E-state index >= 15 is 0 Å². The van der Waals surface area contributed by atoms with E-state index < -0.39 is 0 Å². The lowest BCUT2D eigenvalue weighted by molar-refractivity contribution is 0.591. The van der Waals surface area contributed by atoms with Gasteiger partial charge in [0.1, 0.15) is 0 Å². The lowest BCUT2D eigenvalue weighted by Crippen LogP contribution is -2.09. The lowest BCUT2D eigenvalue weighted by atomic mass is 10.2. The van der Waals surface area contributed by atoms with Gasteiger partial charge in [0, 0.05) is 7.05 Å². The van der Waals surface area contributed by atoms with Crippen LogP contribution in [0.15, 0.2) is 12.5 Å². The third kappa shape index (κ3) is 1.91. The molecule has 0 fully saturated rings. The van der Waals surface area contributed by atoms with E-state index in [0.717, 1.165) is 24.2 Å². The number of aromatic nitrogens is 5. The van der Waals surface area contributed by atoms with Gasteiger partial charge >= 0.3 is 0 Å². The van der Waals surface area contributed by atoms with Crippen LogP contribution in [0, 0.1) is 0 Å². The van der Waals surface area contributed by atoms with E-state index in [1.807, 2.05) is 22.5 Å². The zero-order valence-electron chi connectivity index (χ0n) is 9.59. The Bertz CT molecular complexity index is 469. The smallest absolute Gasteiger partial charge is 0.169 e. The van der Waals surface area contributed by atoms with E-state index in [0.29, 0.717) is 12.4 Å². The van der Waals surface area contributed by atoms with Crippen molar-refractivity contribution in [3.63, 3.8) is 0 Å². The molecule has 16 heavy (non-hydrogen) atoms. The molecular weight excluding hydrogens is 204 g/mol. The van der Waals surface area contributed by atoms with Crippen LogP contribution in [0.4, 0.5) is 5.82 Å². The van der Waals surface area contributed by atoms with E-state index in [1.165, 1.54) is 0 Å². The predicted octanol–water partition coefficient (Wildman–Crippen LogP) is 0.595. The zero-order valence-corrected chi connectivity index (χ0v) is 9.59. The Kier molecular flexibility index (Phi) is 2.89. The van der Waals surface area contributed by atoms with Gasteiger partial charge in [0.25, 0.3) is 0 Å². The Labute approximate surface area is 94.1 Å². The van der Waals surface area contributed by atoms with E-state index in [1.54, 1.807) is 6.33 Å². The summed E-state index contributed by atoms with van der Waals surface area (Å²) in [5.41, 5.74) is 7.87. The highest BCUT2D eigenvalue weighted by Gasteiger charge is 2.10. The molecule has 2 aromatic heterocycles. The van der Waals surface area contributed by atoms with Gasteiger partial charge in [-0.1, -0.05) is 18.6 Å². The highest BCUT2D eigenvalue weighted by molar-refractivity contribution is 5.33. The van der Waals surface area contributed by atoms with Crippen molar-refractivity contribution in [1.82, 2.24) is 24.5 Å². The molecule has 0 spiro atoms. The first-order valence-corrected chi connectivity index (χ1v) is 5.35. The van der Waals surface area contributed by atoms with Crippen molar-refractivity contribution in [3.05, 3.63) is 23.9 Å². The van der Waals surface area contributed by atoms with Gasteiger partial charge in [0.2, 0.25) is 0 Å². The van der Waals surface area contributed by atoms with Crippen LogP contribution in [0.2, 0.25) is 0 Å². The standard InChI is InChI=1S/C10H16N6/c1-3-4-9-10(11)13-14-16(9)6-8-5-12-7-15(8)2/h5,7H,3-4,6,11H2,1-2H3. The maximum atomic E-state index is 5.78. The highest BCUT2D eigenvalue weighted by Crippen LogP contribution is 2.11. The molecule has 2 aromatic rings. The molecule has 2 N–H and O–H groups in total. The molecular formula is C10H16N6. The molecule has 0 saturated heterocycles. The largest absolute Gasteiger partial charge is 0.381 e.